The molecule has 0 saturated carbocycles. The largest absolute Gasteiger partial charge is 0.330 e. The molecule has 1 aromatic carbocycles. The lowest BCUT2D eigenvalue weighted by Crippen LogP contribution is -2.03. The summed E-state index contributed by atoms with van der Waals surface area (Å²) in [7, 11) is 0. The third-order valence-corrected chi connectivity index (χ3v) is 4.38. The summed E-state index contributed by atoms with van der Waals surface area (Å²) >= 11 is 8.54. The second-order valence-corrected chi connectivity index (χ2v) is 6.60. The Labute approximate surface area is 128 Å². The van der Waals surface area contributed by atoms with E-state index >= 15 is 0 Å². The highest BCUT2D eigenvalue weighted by Crippen LogP contribution is 2.31. The summed E-state index contributed by atoms with van der Waals surface area (Å²) in [6.45, 7) is 0.651. The zero-order valence-electron chi connectivity index (χ0n) is 9.57. The maximum atomic E-state index is 5.65. The van der Waals surface area contributed by atoms with Gasteiger partial charge in [0.2, 0.25) is 0 Å². The first kappa shape index (κ1) is 14.1. The number of aromatic nitrogens is 1. The van der Waals surface area contributed by atoms with Crippen molar-refractivity contribution in [3.8, 4) is 0 Å². The molecular formula is C13H12Br2N2S. The van der Waals surface area contributed by atoms with Crippen molar-refractivity contribution in [1.82, 2.24) is 4.98 Å². The van der Waals surface area contributed by atoms with Crippen LogP contribution < -0.4 is 5.73 Å². The van der Waals surface area contributed by atoms with Gasteiger partial charge in [-0.2, -0.15) is 0 Å². The van der Waals surface area contributed by atoms with Crippen molar-refractivity contribution in [3.63, 3.8) is 0 Å². The summed E-state index contributed by atoms with van der Waals surface area (Å²) in [5.74, 6) is 0. The average Bonchev–Trinajstić information content (AvgIpc) is 2.36. The van der Waals surface area contributed by atoms with Crippen molar-refractivity contribution >= 4 is 43.6 Å². The van der Waals surface area contributed by atoms with Gasteiger partial charge in [-0.25, -0.2) is 4.98 Å². The molecule has 2 aromatic rings. The van der Waals surface area contributed by atoms with Gasteiger partial charge in [-0.15, -0.1) is 0 Å². The number of benzene rings is 1. The van der Waals surface area contributed by atoms with Crippen LogP contribution in [0.5, 0.6) is 0 Å². The summed E-state index contributed by atoms with van der Waals surface area (Å²) in [5, 5.41) is 0.985. The molecule has 1 heterocycles. The quantitative estimate of drug-likeness (QED) is 0.851. The van der Waals surface area contributed by atoms with Crippen molar-refractivity contribution in [2.45, 2.75) is 16.3 Å². The molecule has 0 fully saturated rings. The highest BCUT2D eigenvalue weighted by molar-refractivity contribution is 9.10. The molecule has 0 saturated heterocycles. The van der Waals surface area contributed by atoms with Gasteiger partial charge in [0.25, 0.3) is 0 Å². The molecule has 0 aliphatic heterocycles. The first-order valence-electron chi connectivity index (χ1n) is 5.47. The molecule has 0 aliphatic rings. The van der Waals surface area contributed by atoms with Gasteiger partial charge in [0.05, 0.1) is 0 Å². The Morgan fingerprint density at radius 3 is 2.56 bits per heavy atom. The normalized spacial score (nSPS) is 10.6. The number of halogens is 2. The molecule has 0 aliphatic carbocycles. The van der Waals surface area contributed by atoms with Gasteiger partial charge in [-0.1, -0.05) is 27.7 Å². The SMILES string of the molecule is NCCc1cc(Br)ccc1Sc1ccc(Br)cn1. The summed E-state index contributed by atoms with van der Waals surface area (Å²) in [6, 6.07) is 10.3. The van der Waals surface area contributed by atoms with E-state index in [1.54, 1.807) is 11.8 Å². The molecule has 0 spiro atoms. The van der Waals surface area contributed by atoms with Gasteiger partial charge >= 0.3 is 0 Å². The van der Waals surface area contributed by atoms with Crippen LogP contribution in [0.4, 0.5) is 0 Å². The number of hydrogen-bond acceptors (Lipinski definition) is 3. The van der Waals surface area contributed by atoms with Gasteiger partial charge in [0.15, 0.2) is 0 Å². The fraction of sp³-hybridized carbons (Fsp3) is 0.154. The molecule has 2 rings (SSSR count). The third-order valence-electron chi connectivity index (χ3n) is 2.35. The lowest BCUT2D eigenvalue weighted by molar-refractivity contribution is 0.942. The Bertz CT molecular complexity index is 529. The number of nitrogens with zero attached hydrogens (tertiary/aromatic N) is 1. The van der Waals surface area contributed by atoms with E-state index in [1.807, 2.05) is 24.4 Å². The van der Waals surface area contributed by atoms with Crippen molar-refractivity contribution in [3.05, 3.63) is 51.0 Å². The zero-order valence-corrected chi connectivity index (χ0v) is 13.6. The fourth-order valence-electron chi connectivity index (χ4n) is 1.53. The first-order chi connectivity index (χ1) is 8.69. The van der Waals surface area contributed by atoms with E-state index in [9.17, 15) is 0 Å². The molecule has 18 heavy (non-hydrogen) atoms. The maximum absolute atomic E-state index is 5.65. The minimum atomic E-state index is 0.651. The van der Waals surface area contributed by atoms with E-state index in [-0.39, 0.29) is 0 Å². The molecule has 0 bridgehead atoms. The van der Waals surface area contributed by atoms with E-state index in [4.69, 9.17) is 5.73 Å². The average molecular weight is 388 g/mol. The van der Waals surface area contributed by atoms with Crippen LogP contribution in [0.1, 0.15) is 5.56 Å². The maximum Gasteiger partial charge on any atom is 0.101 e. The minimum absolute atomic E-state index is 0.651. The van der Waals surface area contributed by atoms with Gasteiger partial charge in [-0.05, 0) is 64.8 Å². The molecule has 1 aromatic heterocycles. The van der Waals surface area contributed by atoms with Gasteiger partial charge < -0.3 is 5.73 Å². The number of nitrogens with two attached hydrogens (primary N) is 1. The van der Waals surface area contributed by atoms with E-state index in [0.717, 1.165) is 20.4 Å². The predicted octanol–water partition coefficient (Wildman–Crippen LogP) is 4.26. The first-order valence-corrected chi connectivity index (χ1v) is 7.87. The lowest BCUT2D eigenvalue weighted by Gasteiger charge is -2.08. The van der Waals surface area contributed by atoms with E-state index < -0.39 is 0 Å². The molecule has 94 valence electrons. The fourth-order valence-corrected chi connectivity index (χ4v) is 3.07. The van der Waals surface area contributed by atoms with Crippen LogP contribution in [0.25, 0.3) is 0 Å². The predicted molar refractivity (Wildman–Crippen MR) is 83.0 cm³/mol. The molecule has 2 nitrogen and oxygen atoms in total. The summed E-state index contributed by atoms with van der Waals surface area (Å²) in [6.07, 6.45) is 2.68. The van der Waals surface area contributed by atoms with Crippen LogP contribution in [0.3, 0.4) is 0 Å². The van der Waals surface area contributed by atoms with E-state index in [1.165, 1.54) is 10.5 Å². The Balaban J connectivity index is 2.25. The summed E-state index contributed by atoms with van der Waals surface area (Å²) in [5.41, 5.74) is 6.90. The molecule has 0 amide bonds. The van der Waals surface area contributed by atoms with Crippen LogP contribution in [-0.2, 0) is 6.42 Å². The molecule has 0 atom stereocenters. The van der Waals surface area contributed by atoms with Gasteiger partial charge in [0.1, 0.15) is 5.03 Å². The van der Waals surface area contributed by atoms with Crippen LogP contribution in [0.2, 0.25) is 0 Å². The van der Waals surface area contributed by atoms with Crippen LogP contribution in [0.15, 0.2) is 55.4 Å². The topological polar surface area (TPSA) is 38.9 Å². The van der Waals surface area contributed by atoms with Crippen molar-refractivity contribution in [2.75, 3.05) is 6.54 Å². The van der Waals surface area contributed by atoms with Crippen molar-refractivity contribution in [1.29, 1.82) is 0 Å². The molecule has 0 unspecified atom stereocenters. The molecule has 5 heteroatoms. The highest BCUT2D eigenvalue weighted by atomic mass is 79.9. The third kappa shape index (κ3) is 3.82. The molecule has 2 N–H and O–H groups in total. The number of hydrogen-bond donors (Lipinski definition) is 1. The van der Waals surface area contributed by atoms with E-state index in [2.05, 4.69) is 49.0 Å². The van der Waals surface area contributed by atoms with Crippen molar-refractivity contribution in [2.24, 2.45) is 5.73 Å². The molecular weight excluding hydrogens is 376 g/mol. The van der Waals surface area contributed by atoms with Gasteiger partial charge in [-0.3, -0.25) is 0 Å². The van der Waals surface area contributed by atoms with Crippen molar-refractivity contribution < 1.29 is 0 Å². The Morgan fingerprint density at radius 1 is 1.11 bits per heavy atom. The minimum Gasteiger partial charge on any atom is -0.330 e. The Morgan fingerprint density at radius 2 is 1.89 bits per heavy atom. The Kier molecular flexibility index (Phi) is 5.24. The standard InChI is InChI=1S/C13H12Br2N2S/c14-10-1-3-12(9(7-10)5-6-16)18-13-4-2-11(15)8-17-13/h1-4,7-8H,5-6,16H2. The number of pyridine rings is 1. The van der Waals surface area contributed by atoms with Crippen LogP contribution in [0, 0.1) is 0 Å². The Hall–Kier alpha value is -0.360. The zero-order chi connectivity index (χ0) is 13.0. The smallest absolute Gasteiger partial charge is 0.101 e. The highest BCUT2D eigenvalue weighted by Gasteiger charge is 2.06. The van der Waals surface area contributed by atoms with Gasteiger partial charge in [0, 0.05) is 20.0 Å². The summed E-state index contributed by atoms with van der Waals surface area (Å²) < 4.78 is 2.07. The molecule has 0 radical (unpaired) electrons. The van der Waals surface area contributed by atoms with Crippen LogP contribution >= 0.6 is 43.6 Å². The lowest BCUT2D eigenvalue weighted by atomic mass is 10.1. The second kappa shape index (κ2) is 6.70. The van der Waals surface area contributed by atoms with Crippen LogP contribution in [-0.4, -0.2) is 11.5 Å². The second-order valence-electron chi connectivity index (χ2n) is 3.71. The number of rotatable bonds is 4. The monoisotopic (exact) mass is 386 g/mol. The van der Waals surface area contributed by atoms with E-state index in [0.29, 0.717) is 6.54 Å². The summed E-state index contributed by atoms with van der Waals surface area (Å²) in [4.78, 5) is 5.58.